The number of aliphatic hydroxyl groups is 2. The number of carbonyl (C=O) groups excluding carboxylic acids is 1. The van der Waals surface area contributed by atoms with E-state index in [4.69, 9.17) is 0 Å². The molecule has 0 saturated carbocycles. The van der Waals surface area contributed by atoms with Crippen molar-refractivity contribution in [2.75, 3.05) is 0 Å². The van der Waals surface area contributed by atoms with E-state index >= 15 is 0 Å². The Bertz CT molecular complexity index is 1360. The van der Waals surface area contributed by atoms with Gasteiger partial charge in [0.2, 0.25) is 0 Å². The summed E-state index contributed by atoms with van der Waals surface area (Å²) >= 11 is 0. The standard InChI is InChI=1S/C40H54O3/c1-28(17-13-19-30(3)21-23-35-32(5)25-34(41)26-39(35,7)8)15-11-12-16-29(2)18-14-20-31(4)22-24-36-33(6)38(43)37(42)27-40(36,9)10/h11-25,34-36,41,43H,26-27H2,1-10H3. The monoisotopic (exact) mass is 582 g/mol. The lowest BCUT2D eigenvalue weighted by molar-refractivity contribution is -0.121. The Balaban J connectivity index is 1.91. The zero-order chi connectivity index (χ0) is 32.4. The van der Waals surface area contributed by atoms with Crippen LogP contribution in [0.2, 0.25) is 0 Å². The fourth-order valence-electron chi connectivity index (χ4n) is 5.96. The lowest BCUT2D eigenvalue weighted by Gasteiger charge is -2.38. The molecule has 0 aromatic carbocycles. The Morgan fingerprint density at radius 3 is 1.65 bits per heavy atom. The van der Waals surface area contributed by atoms with Gasteiger partial charge in [-0.05, 0) is 64.4 Å². The molecule has 2 aliphatic rings. The van der Waals surface area contributed by atoms with Gasteiger partial charge in [0.1, 0.15) is 0 Å². The topological polar surface area (TPSA) is 57.5 Å². The number of ketones is 1. The van der Waals surface area contributed by atoms with E-state index in [0.29, 0.717) is 12.3 Å². The molecule has 0 heterocycles. The molecule has 0 saturated heterocycles. The minimum absolute atomic E-state index is 0.0324. The second-order valence-electron chi connectivity index (χ2n) is 13.7. The number of carbonyl (C=O) groups is 1. The van der Waals surface area contributed by atoms with Crippen LogP contribution in [-0.2, 0) is 4.79 Å². The third kappa shape index (κ3) is 11.3. The number of hydrogen-bond acceptors (Lipinski definition) is 3. The van der Waals surface area contributed by atoms with E-state index in [-0.39, 0.29) is 34.4 Å². The quantitative estimate of drug-likeness (QED) is 0.199. The van der Waals surface area contributed by atoms with Gasteiger partial charge in [0.25, 0.3) is 0 Å². The second kappa shape index (κ2) is 15.9. The van der Waals surface area contributed by atoms with Crippen LogP contribution in [0.25, 0.3) is 0 Å². The molecule has 2 N–H and O–H groups in total. The van der Waals surface area contributed by atoms with Crippen molar-refractivity contribution in [2.45, 2.75) is 88.2 Å². The molecule has 3 heteroatoms. The molecular formula is C40H54O3. The summed E-state index contributed by atoms with van der Waals surface area (Å²) in [5.74, 6) is 0.132. The van der Waals surface area contributed by atoms with E-state index in [0.717, 1.165) is 23.1 Å². The van der Waals surface area contributed by atoms with E-state index in [1.165, 1.54) is 16.7 Å². The summed E-state index contributed by atoms with van der Waals surface area (Å²) < 4.78 is 0. The maximum absolute atomic E-state index is 12.0. The predicted octanol–water partition coefficient (Wildman–Crippen LogP) is 10.4. The molecule has 0 amide bonds. The SMILES string of the molecule is CC(C=CC=C(C)C=CC1C(C)=CC(O)CC1(C)C)=CC=CC=C(C)C=CC=C(C)C=CC1C(C)=C(O)C(=O)CC1(C)C. The van der Waals surface area contributed by atoms with Crippen molar-refractivity contribution in [3.8, 4) is 0 Å². The van der Waals surface area contributed by atoms with Crippen LogP contribution in [0.1, 0.15) is 82.1 Å². The van der Waals surface area contributed by atoms with E-state index in [1.807, 2.05) is 31.2 Å². The molecule has 43 heavy (non-hydrogen) atoms. The summed E-state index contributed by atoms with van der Waals surface area (Å²) in [6.45, 7) is 20.9. The number of aliphatic hydroxyl groups excluding tert-OH is 2. The highest BCUT2D eigenvalue weighted by atomic mass is 16.3. The summed E-state index contributed by atoms with van der Waals surface area (Å²) in [6, 6.07) is 0. The normalized spacial score (nSPS) is 26.3. The summed E-state index contributed by atoms with van der Waals surface area (Å²) in [5.41, 5.74) is 6.44. The van der Waals surface area contributed by atoms with Crippen LogP contribution < -0.4 is 0 Å². The minimum Gasteiger partial charge on any atom is -0.504 e. The molecule has 0 aromatic heterocycles. The van der Waals surface area contributed by atoms with Gasteiger partial charge in [-0.3, -0.25) is 4.79 Å². The number of allylic oxidation sites excluding steroid dienone is 21. The summed E-state index contributed by atoms with van der Waals surface area (Å²) in [6.07, 6.45) is 32.2. The van der Waals surface area contributed by atoms with E-state index in [1.54, 1.807) is 0 Å². The van der Waals surface area contributed by atoms with Crippen LogP contribution in [0, 0.1) is 22.7 Å². The highest BCUT2D eigenvalue weighted by Crippen LogP contribution is 2.43. The number of hydrogen-bond donors (Lipinski definition) is 2. The fraction of sp³-hybridized carbons (Fsp3) is 0.425. The first kappa shape index (κ1) is 35.8. The van der Waals surface area contributed by atoms with Crippen LogP contribution in [0.5, 0.6) is 0 Å². The van der Waals surface area contributed by atoms with Crippen molar-refractivity contribution in [2.24, 2.45) is 22.7 Å². The Morgan fingerprint density at radius 1 is 0.721 bits per heavy atom. The van der Waals surface area contributed by atoms with Gasteiger partial charge in [-0.25, -0.2) is 0 Å². The van der Waals surface area contributed by atoms with Crippen molar-refractivity contribution in [3.05, 3.63) is 130 Å². The second-order valence-corrected chi connectivity index (χ2v) is 13.7. The van der Waals surface area contributed by atoms with Gasteiger partial charge < -0.3 is 10.2 Å². The molecule has 0 fully saturated rings. The number of Topliss-reactive ketones (excluding diaryl/α,β-unsaturated/α-hetero) is 1. The van der Waals surface area contributed by atoms with Crippen molar-refractivity contribution >= 4 is 5.78 Å². The lowest BCUT2D eigenvalue weighted by atomic mass is 9.67. The maximum atomic E-state index is 12.0. The number of rotatable bonds is 10. The first-order valence-electron chi connectivity index (χ1n) is 15.4. The molecule has 0 aromatic rings. The Hall–Kier alpha value is -3.43. The smallest absolute Gasteiger partial charge is 0.197 e. The van der Waals surface area contributed by atoms with Crippen LogP contribution >= 0.6 is 0 Å². The summed E-state index contributed by atoms with van der Waals surface area (Å²) in [5, 5.41) is 20.2. The molecule has 2 aliphatic carbocycles. The largest absolute Gasteiger partial charge is 0.504 e. The van der Waals surface area contributed by atoms with E-state index in [9.17, 15) is 15.0 Å². The molecule has 3 nitrogen and oxygen atoms in total. The van der Waals surface area contributed by atoms with Gasteiger partial charge in [0.15, 0.2) is 11.5 Å². The van der Waals surface area contributed by atoms with E-state index < -0.39 is 0 Å². The van der Waals surface area contributed by atoms with Crippen LogP contribution in [0.4, 0.5) is 0 Å². The first-order chi connectivity index (χ1) is 20.0. The third-order valence-electron chi connectivity index (χ3n) is 8.45. The van der Waals surface area contributed by atoms with E-state index in [2.05, 4.69) is 129 Å². The zero-order valence-electron chi connectivity index (χ0n) is 28.1. The Kier molecular flexibility index (Phi) is 13.2. The van der Waals surface area contributed by atoms with Gasteiger partial charge in [0.05, 0.1) is 6.10 Å². The highest BCUT2D eigenvalue weighted by Gasteiger charge is 2.38. The van der Waals surface area contributed by atoms with Gasteiger partial charge in [-0.1, -0.05) is 147 Å². The maximum Gasteiger partial charge on any atom is 0.197 e. The minimum atomic E-state index is -0.339. The molecule has 2 rings (SSSR count). The lowest BCUT2D eigenvalue weighted by Crippen LogP contribution is -2.33. The highest BCUT2D eigenvalue weighted by molar-refractivity contribution is 5.95. The van der Waals surface area contributed by atoms with Gasteiger partial charge >= 0.3 is 0 Å². The fourth-order valence-corrected chi connectivity index (χ4v) is 5.96. The van der Waals surface area contributed by atoms with Crippen LogP contribution in [0.15, 0.2) is 130 Å². The van der Waals surface area contributed by atoms with Crippen LogP contribution in [0.3, 0.4) is 0 Å². The van der Waals surface area contributed by atoms with Crippen LogP contribution in [-0.4, -0.2) is 22.1 Å². The molecule has 0 aliphatic heterocycles. The Morgan fingerprint density at radius 2 is 1.16 bits per heavy atom. The molecular weight excluding hydrogens is 528 g/mol. The molecule has 232 valence electrons. The van der Waals surface area contributed by atoms with Crippen molar-refractivity contribution < 1.29 is 15.0 Å². The van der Waals surface area contributed by atoms with Gasteiger partial charge in [0, 0.05) is 18.3 Å². The zero-order valence-corrected chi connectivity index (χ0v) is 28.1. The van der Waals surface area contributed by atoms with Crippen molar-refractivity contribution in [3.63, 3.8) is 0 Å². The van der Waals surface area contributed by atoms with Gasteiger partial charge in [-0.2, -0.15) is 0 Å². The summed E-state index contributed by atoms with van der Waals surface area (Å²) in [7, 11) is 0. The molecule has 0 bridgehead atoms. The average molecular weight is 583 g/mol. The van der Waals surface area contributed by atoms with Crippen molar-refractivity contribution in [1.29, 1.82) is 0 Å². The van der Waals surface area contributed by atoms with Gasteiger partial charge in [-0.15, -0.1) is 0 Å². The first-order valence-corrected chi connectivity index (χ1v) is 15.4. The third-order valence-corrected chi connectivity index (χ3v) is 8.45. The summed E-state index contributed by atoms with van der Waals surface area (Å²) in [4.78, 5) is 12.0. The average Bonchev–Trinajstić information content (AvgIpc) is 2.88. The molecule has 3 atom stereocenters. The van der Waals surface area contributed by atoms with Crippen molar-refractivity contribution in [1.82, 2.24) is 0 Å². The predicted molar refractivity (Wildman–Crippen MR) is 185 cm³/mol. The molecule has 0 spiro atoms. The molecule has 0 radical (unpaired) electrons. The molecule has 3 unspecified atom stereocenters. The Labute approximate surface area is 261 Å².